The van der Waals surface area contributed by atoms with Crippen LogP contribution < -0.4 is 25.4 Å². The summed E-state index contributed by atoms with van der Waals surface area (Å²) >= 11 is 1.77. The maximum absolute atomic E-state index is 6.01. The van der Waals surface area contributed by atoms with Gasteiger partial charge in [-0.15, -0.1) is 11.3 Å². The van der Waals surface area contributed by atoms with Gasteiger partial charge in [0.15, 0.2) is 5.96 Å². The quantitative estimate of drug-likeness (QED) is 0.537. The third-order valence-corrected chi connectivity index (χ3v) is 5.70. The summed E-state index contributed by atoms with van der Waals surface area (Å²) in [5, 5.41) is 5.30. The minimum absolute atomic E-state index is 0.500. The summed E-state index contributed by atoms with van der Waals surface area (Å²) in [6, 6.07) is 10.2. The average Bonchev–Trinajstić information content (AvgIpc) is 3.38. The molecule has 3 rings (SSSR count). The fourth-order valence-corrected chi connectivity index (χ4v) is 3.95. The van der Waals surface area contributed by atoms with E-state index < -0.39 is 0 Å². The van der Waals surface area contributed by atoms with Crippen LogP contribution in [-0.4, -0.2) is 46.4 Å². The second-order valence-electron chi connectivity index (χ2n) is 6.65. The Morgan fingerprint density at radius 3 is 2.74 bits per heavy atom. The van der Waals surface area contributed by atoms with E-state index in [4.69, 9.17) is 15.2 Å². The van der Waals surface area contributed by atoms with Crippen LogP contribution in [0.15, 0.2) is 40.7 Å². The Morgan fingerprint density at radius 2 is 2.07 bits per heavy atom. The summed E-state index contributed by atoms with van der Waals surface area (Å²) in [4.78, 5) is 8.24. The number of aliphatic imine (C=N–C) groups is 1. The molecule has 3 N–H and O–H groups in total. The first-order valence-electron chi connectivity index (χ1n) is 9.22. The van der Waals surface area contributed by atoms with E-state index in [2.05, 4.69) is 44.9 Å². The molecule has 2 heterocycles. The molecule has 0 spiro atoms. The molecule has 1 atom stereocenters. The molecule has 0 amide bonds. The van der Waals surface area contributed by atoms with Gasteiger partial charge in [-0.25, -0.2) is 0 Å². The number of anilines is 1. The lowest BCUT2D eigenvalue weighted by atomic mass is 10.1. The largest absolute Gasteiger partial charge is 0.497 e. The van der Waals surface area contributed by atoms with Gasteiger partial charge in [0, 0.05) is 54.9 Å². The van der Waals surface area contributed by atoms with Gasteiger partial charge >= 0.3 is 0 Å². The highest BCUT2D eigenvalue weighted by atomic mass is 32.1. The minimum Gasteiger partial charge on any atom is -0.497 e. The number of guanidine groups is 1. The van der Waals surface area contributed by atoms with Gasteiger partial charge in [0.25, 0.3) is 0 Å². The van der Waals surface area contributed by atoms with E-state index in [1.807, 2.05) is 6.07 Å². The summed E-state index contributed by atoms with van der Waals surface area (Å²) in [6.45, 7) is 3.52. The van der Waals surface area contributed by atoms with Crippen molar-refractivity contribution in [2.45, 2.75) is 12.8 Å². The Labute approximate surface area is 165 Å². The summed E-state index contributed by atoms with van der Waals surface area (Å²) in [6.07, 6.45) is 2.08. The highest BCUT2D eigenvalue weighted by Gasteiger charge is 2.23. The number of hydrogen-bond acceptors (Lipinski definition) is 5. The number of thiophene rings is 1. The Morgan fingerprint density at radius 1 is 1.30 bits per heavy atom. The van der Waals surface area contributed by atoms with E-state index in [-0.39, 0.29) is 0 Å². The zero-order chi connectivity index (χ0) is 19.1. The van der Waals surface area contributed by atoms with E-state index in [9.17, 15) is 0 Å². The standard InChI is InChI=1S/C20H28N4O2S/c1-25-17-10-16(11-18(12-17)26-2)24-8-6-15(14-24)13-23-20(21)22-7-5-19-4-3-9-27-19/h3-4,9-12,15H,5-8,13-14H2,1-2H3,(H3,21,22,23). The molecule has 1 unspecified atom stereocenters. The van der Waals surface area contributed by atoms with Crippen molar-refractivity contribution in [2.75, 3.05) is 45.3 Å². The molecule has 146 valence electrons. The molecule has 1 aromatic carbocycles. The molecule has 0 bridgehead atoms. The lowest BCUT2D eigenvalue weighted by Gasteiger charge is -2.20. The second-order valence-corrected chi connectivity index (χ2v) is 7.69. The van der Waals surface area contributed by atoms with Gasteiger partial charge in [-0.3, -0.25) is 4.99 Å². The van der Waals surface area contributed by atoms with E-state index in [1.165, 1.54) is 4.88 Å². The zero-order valence-corrected chi connectivity index (χ0v) is 16.8. The smallest absolute Gasteiger partial charge is 0.188 e. The molecule has 6 nitrogen and oxygen atoms in total. The molecule has 0 aliphatic carbocycles. The first kappa shape index (κ1) is 19.4. The molecule has 1 saturated heterocycles. The maximum Gasteiger partial charge on any atom is 0.188 e. The predicted molar refractivity (Wildman–Crippen MR) is 112 cm³/mol. The van der Waals surface area contributed by atoms with Gasteiger partial charge in [0.05, 0.1) is 14.2 Å². The molecule has 27 heavy (non-hydrogen) atoms. The van der Waals surface area contributed by atoms with Crippen molar-refractivity contribution in [1.82, 2.24) is 5.32 Å². The van der Waals surface area contributed by atoms with Crippen molar-refractivity contribution in [3.8, 4) is 11.5 Å². The van der Waals surface area contributed by atoms with Crippen LogP contribution in [0.2, 0.25) is 0 Å². The Kier molecular flexibility index (Phi) is 6.81. The van der Waals surface area contributed by atoms with Crippen molar-refractivity contribution >= 4 is 23.0 Å². The summed E-state index contributed by atoms with van der Waals surface area (Å²) < 4.78 is 10.7. The number of nitrogens with one attached hydrogen (secondary N) is 1. The first-order valence-corrected chi connectivity index (χ1v) is 10.1. The van der Waals surface area contributed by atoms with E-state index in [0.717, 1.165) is 56.2 Å². The van der Waals surface area contributed by atoms with Crippen molar-refractivity contribution in [1.29, 1.82) is 0 Å². The third-order valence-electron chi connectivity index (χ3n) is 4.76. The van der Waals surface area contributed by atoms with Crippen LogP contribution in [0.1, 0.15) is 11.3 Å². The Hall–Kier alpha value is -2.41. The SMILES string of the molecule is COc1cc(OC)cc(N2CCC(CN=C(N)NCCc3cccs3)C2)c1. The average molecular weight is 389 g/mol. The molecule has 7 heteroatoms. The van der Waals surface area contributed by atoms with Crippen LogP contribution >= 0.6 is 11.3 Å². The minimum atomic E-state index is 0.500. The topological polar surface area (TPSA) is 72.1 Å². The summed E-state index contributed by atoms with van der Waals surface area (Å²) in [7, 11) is 3.35. The third kappa shape index (κ3) is 5.53. The summed E-state index contributed by atoms with van der Waals surface area (Å²) in [5.41, 5.74) is 7.13. The van der Waals surface area contributed by atoms with Crippen molar-refractivity contribution in [2.24, 2.45) is 16.6 Å². The Bertz CT molecular complexity index is 726. The van der Waals surface area contributed by atoms with Crippen LogP contribution in [0.4, 0.5) is 5.69 Å². The number of benzene rings is 1. The van der Waals surface area contributed by atoms with Gasteiger partial charge in [0.1, 0.15) is 11.5 Å². The van der Waals surface area contributed by atoms with Crippen LogP contribution in [0.25, 0.3) is 0 Å². The molecular formula is C20H28N4O2S. The first-order chi connectivity index (χ1) is 13.2. The molecule has 1 aliphatic heterocycles. The predicted octanol–water partition coefficient (Wildman–Crippen LogP) is 2.74. The van der Waals surface area contributed by atoms with Crippen molar-refractivity contribution < 1.29 is 9.47 Å². The monoisotopic (exact) mass is 388 g/mol. The van der Waals surface area contributed by atoms with E-state index in [0.29, 0.717) is 11.9 Å². The van der Waals surface area contributed by atoms with Crippen LogP contribution in [0.3, 0.4) is 0 Å². The van der Waals surface area contributed by atoms with E-state index in [1.54, 1.807) is 25.6 Å². The van der Waals surface area contributed by atoms with Crippen molar-refractivity contribution in [3.05, 3.63) is 40.6 Å². The fraction of sp³-hybridized carbons (Fsp3) is 0.450. The van der Waals surface area contributed by atoms with Gasteiger partial charge in [-0.05, 0) is 30.2 Å². The number of nitrogens with two attached hydrogens (primary N) is 1. The van der Waals surface area contributed by atoms with Crippen molar-refractivity contribution in [3.63, 3.8) is 0 Å². The Balaban J connectivity index is 1.47. The second kappa shape index (κ2) is 9.50. The lowest BCUT2D eigenvalue weighted by Crippen LogP contribution is -2.33. The molecule has 1 aromatic heterocycles. The van der Waals surface area contributed by atoms with E-state index >= 15 is 0 Å². The summed E-state index contributed by atoms with van der Waals surface area (Å²) in [5.74, 6) is 2.66. The van der Waals surface area contributed by atoms with Gasteiger partial charge in [-0.1, -0.05) is 6.07 Å². The van der Waals surface area contributed by atoms with Gasteiger partial charge in [-0.2, -0.15) is 0 Å². The number of nitrogens with zero attached hydrogens (tertiary/aromatic N) is 2. The number of methoxy groups -OCH3 is 2. The number of ether oxygens (including phenoxy) is 2. The van der Waals surface area contributed by atoms with Crippen LogP contribution in [0, 0.1) is 5.92 Å². The van der Waals surface area contributed by atoms with Gasteiger partial charge < -0.3 is 25.4 Å². The molecular weight excluding hydrogens is 360 g/mol. The van der Waals surface area contributed by atoms with Crippen LogP contribution in [-0.2, 0) is 6.42 Å². The molecule has 1 aliphatic rings. The normalized spacial score (nSPS) is 17.2. The molecule has 0 saturated carbocycles. The highest BCUT2D eigenvalue weighted by molar-refractivity contribution is 7.09. The fourth-order valence-electron chi connectivity index (χ4n) is 3.24. The van der Waals surface area contributed by atoms with Crippen LogP contribution in [0.5, 0.6) is 11.5 Å². The van der Waals surface area contributed by atoms with Gasteiger partial charge in [0.2, 0.25) is 0 Å². The number of rotatable bonds is 8. The molecule has 1 fully saturated rings. The maximum atomic E-state index is 6.01. The molecule has 2 aromatic rings. The number of hydrogen-bond donors (Lipinski definition) is 2. The zero-order valence-electron chi connectivity index (χ0n) is 16.0. The highest BCUT2D eigenvalue weighted by Crippen LogP contribution is 2.31. The molecule has 0 radical (unpaired) electrons. The lowest BCUT2D eigenvalue weighted by molar-refractivity contribution is 0.394.